The van der Waals surface area contributed by atoms with Crippen LogP contribution < -0.4 is 5.01 Å². The minimum Gasteiger partial charge on any atom is -0.467 e. The minimum atomic E-state index is -0.561. The van der Waals surface area contributed by atoms with Gasteiger partial charge < -0.3 is 4.42 Å². The summed E-state index contributed by atoms with van der Waals surface area (Å²) < 4.78 is 6.39. The van der Waals surface area contributed by atoms with Crippen molar-refractivity contribution in [3.05, 3.63) is 84.3 Å². The molecule has 6 nitrogen and oxygen atoms in total. The van der Waals surface area contributed by atoms with E-state index in [1.165, 1.54) is 16.3 Å². The molecule has 4 aromatic rings. The Labute approximate surface area is 177 Å². The maximum Gasteiger partial charge on any atom is 0.264 e. The Kier molecular flexibility index (Phi) is 4.72. The molecule has 0 radical (unpaired) electrons. The summed E-state index contributed by atoms with van der Waals surface area (Å²) in [6.45, 7) is 2.25. The summed E-state index contributed by atoms with van der Waals surface area (Å²) in [4.78, 5) is 22.7. The molecule has 3 heterocycles. The van der Waals surface area contributed by atoms with E-state index in [-0.39, 0.29) is 5.91 Å². The molecular weight excluding hydrogens is 396 g/mol. The van der Waals surface area contributed by atoms with Crippen molar-refractivity contribution in [2.24, 2.45) is 16.0 Å². The molecule has 0 saturated carbocycles. The van der Waals surface area contributed by atoms with Crippen LogP contribution in [0.25, 0.3) is 10.2 Å². The fourth-order valence-electron chi connectivity index (χ4n) is 3.45. The van der Waals surface area contributed by atoms with Crippen LogP contribution in [0.5, 0.6) is 0 Å². The fourth-order valence-corrected chi connectivity index (χ4v) is 4.37. The van der Waals surface area contributed by atoms with Gasteiger partial charge in [-0.3, -0.25) is 9.79 Å². The van der Waals surface area contributed by atoms with E-state index in [1.54, 1.807) is 6.26 Å². The molecule has 1 aliphatic heterocycles. The van der Waals surface area contributed by atoms with Gasteiger partial charge in [0, 0.05) is 5.71 Å². The Morgan fingerprint density at radius 3 is 2.67 bits per heavy atom. The van der Waals surface area contributed by atoms with Gasteiger partial charge in [-0.2, -0.15) is 10.1 Å². The number of nitrogens with zero attached hydrogens (tertiary/aromatic N) is 4. The molecule has 0 bridgehead atoms. The molecule has 0 spiro atoms. The van der Waals surface area contributed by atoms with Crippen LogP contribution in [-0.4, -0.2) is 22.3 Å². The normalized spacial score (nSPS) is 17.0. The van der Waals surface area contributed by atoms with Crippen LogP contribution >= 0.6 is 11.3 Å². The number of rotatable bonds is 5. The summed E-state index contributed by atoms with van der Waals surface area (Å²) in [6.07, 6.45) is 1.62. The molecule has 2 aromatic heterocycles. The van der Waals surface area contributed by atoms with Crippen LogP contribution in [-0.2, 0) is 11.3 Å². The highest BCUT2D eigenvalue weighted by Gasteiger charge is 2.40. The van der Waals surface area contributed by atoms with Crippen molar-refractivity contribution < 1.29 is 9.21 Å². The molecule has 2 aromatic carbocycles. The predicted molar refractivity (Wildman–Crippen MR) is 119 cm³/mol. The Balaban J connectivity index is 1.54. The van der Waals surface area contributed by atoms with Crippen molar-refractivity contribution in [3.8, 4) is 0 Å². The van der Waals surface area contributed by atoms with Crippen molar-refractivity contribution in [1.82, 2.24) is 4.98 Å². The lowest BCUT2D eigenvalue weighted by atomic mass is 9.93. The van der Waals surface area contributed by atoms with E-state index >= 15 is 0 Å². The zero-order chi connectivity index (χ0) is 20.5. The molecule has 30 heavy (non-hydrogen) atoms. The number of hydrazone groups is 1. The number of para-hydroxylation sites is 1. The molecule has 148 valence electrons. The van der Waals surface area contributed by atoms with Gasteiger partial charge >= 0.3 is 0 Å². The summed E-state index contributed by atoms with van der Waals surface area (Å²) in [5.74, 6) is 0.0454. The average Bonchev–Trinajstić information content (AvgIpc) is 3.51. The van der Waals surface area contributed by atoms with Crippen LogP contribution in [0.4, 0.5) is 5.13 Å². The van der Waals surface area contributed by atoms with Crippen LogP contribution in [0, 0.1) is 5.92 Å². The third-order valence-corrected chi connectivity index (χ3v) is 5.96. The second-order valence-electron chi connectivity index (χ2n) is 6.94. The number of furan rings is 1. The third-order valence-electron chi connectivity index (χ3n) is 4.95. The quantitative estimate of drug-likeness (QED) is 0.435. The second kappa shape index (κ2) is 7.68. The average molecular weight is 414 g/mol. The first-order valence-corrected chi connectivity index (χ1v) is 10.4. The molecule has 1 amide bonds. The van der Waals surface area contributed by atoms with Gasteiger partial charge in [0.15, 0.2) is 0 Å². The SMILES string of the molecule is CC(=NCc1ccco1)C1C(=O)N(c2nc3ccccc3s2)N=C1c1ccccc1. The van der Waals surface area contributed by atoms with E-state index in [0.29, 0.717) is 23.1 Å². The molecule has 5 rings (SSSR count). The third kappa shape index (κ3) is 3.33. The number of amides is 1. The molecule has 1 atom stereocenters. The van der Waals surface area contributed by atoms with E-state index in [4.69, 9.17) is 9.52 Å². The highest BCUT2D eigenvalue weighted by atomic mass is 32.1. The molecule has 1 aliphatic rings. The summed E-state index contributed by atoms with van der Waals surface area (Å²) in [7, 11) is 0. The predicted octanol–water partition coefficient (Wildman–Crippen LogP) is 4.92. The summed E-state index contributed by atoms with van der Waals surface area (Å²) in [6, 6.07) is 21.3. The van der Waals surface area contributed by atoms with E-state index in [0.717, 1.165) is 21.5 Å². The van der Waals surface area contributed by atoms with E-state index in [9.17, 15) is 4.79 Å². The number of thiazole rings is 1. The van der Waals surface area contributed by atoms with Crippen molar-refractivity contribution in [2.45, 2.75) is 13.5 Å². The zero-order valence-corrected chi connectivity index (χ0v) is 17.0. The number of aromatic nitrogens is 1. The summed E-state index contributed by atoms with van der Waals surface area (Å²) >= 11 is 1.45. The lowest BCUT2D eigenvalue weighted by Gasteiger charge is -2.12. The smallest absolute Gasteiger partial charge is 0.264 e. The highest BCUT2D eigenvalue weighted by Crippen LogP contribution is 2.33. The van der Waals surface area contributed by atoms with Crippen molar-refractivity contribution in [2.75, 3.05) is 5.01 Å². The van der Waals surface area contributed by atoms with Gasteiger partial charge in [0.2, 0.25) is 5.13 Å². The molecule has 0 aliphatic carbocycles. The van der Waals surface area contributed by atoms with E-state index < -0.39 is 5.92 Å². The molecule has 1 unspecified atom stereocenters. The molecule has 0 fully saturated rings. The molecule has 0 saturated heterocycles. The van der Waals surface area contributed by atoms with Crippen LogP contribution in [0.3, 0.4) is 0 Å². The van der Waals surface area contributed by atoms with E-state index in [1.807, 2.05) is 73.7 Å². The number of fused-ring (bicyclic) bond motifs is 1. The summed E-state index contributed by atoms with van der Waals surface area (Å²) in [5.41, 5.74) is 3.13. The van der Waals surface area contributed by atoms with Crippen LogP contribution in [0.1, 0.15) is 18.2 Å². The monoisotopic (exact) mass is 414 g/mol. The number of benzene rings is 2. The van der Waals surface area contributed by atoms with Crippen molar-refractivity contribution in [3.63, 3.8) is 0 Å². The molecular formula is C23H18N4O2S. The van der Waals surface area contributed by atoms with Gasteiger partial charge in [-0.05, 0) is 36.8 Å². The number of hydrogen-bond donors (Lipinski definition) is 0. The second-order valence-corrected chi connectivity index (χ2v) is 7.94. The maximum atomic E-state index is 13.4. The topological polar surface area (TPSA) is 71.1 Å². The lowest BCUT2D eigenvalue weighted by molar-refractivity contribution is -0.118. The lowest BCUT2D eigenvalue weighted by Crippen LogP contribution is -2.32. The Morgan fingerprint density at radius 2 is 1.90 bits per heavy atom. The van der Waals surface area contributed by atoms with Crippen molar-refractivity contribution >= 4 is 44.0 Å². The maximum absolute atomic E-state index is 13.4. The van der Waals surface area contributed by atoms with E-state index in [2.05, 4.69) is 9.98 Å². The molecule has 7 heteroatoms. The Hall–Kier alpha value is -3.58. The van der Waals surface area contributed by atoms with Gasteiger partial charge in [0.25, 0.3) is 5.91 Å². The number of anilines is 1. The van der Waals surface area contributed by atoms with Gasteiger partial charge in [0.1, 0.15) is 11.7 Å². The van der Waals surface area contributed by atoms with Gasteiger partial charge in [0.05, 0.1) is 28.7 Å². The first kappa shape index (κ1) is 18.4. The number of carbonyl (C=O) groups is 1. The van der Waals surface area contributed by atoms with Gasteiger partial charge in [-0.15, -0.1) is 0 Å². The summed E-state index contributed by atoms with van der Waals surface area (Å²) in [5, 5.41) is 6.68. The standard InChI is InChI=1S/C23H18N4O2S/c1-15(24-14-17-10-7-13-29-17)20-21(16-8-3-2-4-9-16)26-27(22(20)28)23-25-18-11-5-6-12-19(18)30-23/h2-13,20H,14H2,1H3. The first-order valence-electron chi connectivity index (χ1n) is 9.57. The number of hydrogen-bond acceptors (Lipinski definition) is 6. The number of carbonyl (C=O) groups excluding carboxylic acids is 1. The van der Waals surface area contributed by atoms with Gasteiger partial charge in [-0.1, -0.05) is 53.8 Å². The highest BCUT2D eigenvalue weighted by molar-refractivity contribution is 7.22. The Bertz CT molecular complexity index is 1230. The van der Waals surface area contributed by atoms with Crippen LogP contribution in [0.15, 0.2) is 87.5 Å². The largest absolute Gasteiger partial charge is 0.467 e. The molecule has 0 N–H and O–H groups in total. The van der Waals surface area contributed by atoms with Crippen LogP contribution in [0.2, 0.25) is 0 Å². The minimum absolute atomic E-state index is 0.145. The van der Waals surface area contributed by atoms with Crippen molar-refractivity contribution in [1.29, 1.82) is 0 Å². The van der Waals surface area contributed by atoms with Gasteiger partial charge in [-0.25, -0.2) is 4.98 Å². The number of aliphatic imine (C=N–C) groups is 1. The Morgan fingerprint density at radius 1 is 1.10 bits per heavy atom. The zero-order valence-electron chi connectivity index (χ0n) is 16.2. The fraction of sp³-hybridized carbons (Fsp3) is 0.130. The first-order chi connectivity index (χ1) is 14.7.